The molecule has 3 N–H and O–H groups in total. The Kier molecular flexibility index (Phi) is 7.34. The van der Waals surface area contributed by atoms with Gasteiger partial charge in [0.05, 0.1) is 4.90 Å². The third-order valence-corrected chi connectivity index (χ3v) is 7.19. The molecule has 0 saturated carbocycles. The van der Waals surface area contributed by atoms with Crippen molar-refractivity contribution in [1.29, 1.82) is 0 Å². The second-order valence-electron chi connectivity index (χ2n) is 8.99. The van der Waals surface area contributed by atoms with E-state index in [1.54, 1.807) is 62.4 Å². The van der Waals surface area contributed by atoms with Gasteiger partial charge in [0.1, 0.15) is 6.61 Å². The Morgan fingerprint density at radius 3 is 2.10 bits per heavy atom. The number of aryl methyl sites for hydroxylation is 2. The lowest BCUT2D eigenvalue weighted by Gasteiger charge is -2.25. The minimum absolute atomic E-state index is 0.0100. The summed E-state index contributed by atoms with van der Waals surface area (Å²) in [6.45, 7) is 3.57. The number of ether oxygens (including phenoxy) is 2. The van der Waals surface area contributed by atoms with E-state index in [4.69, 9.17) is 9.47 Å². The van der Waals surface area contributed by atoms with Gasteiger partial charge in [0.2, 0.25) is 12.1 Å². The highest BCUT2D eigenvalue weighted by atomic mass is 32.2. The number of amides is 2. The van der Waals surface area contributed by atoms with Crippen LogP contribution in [0.25, 0.3) is 0 Å². The molecule has 11 nitrogen and oxygen atoms in total. The van der Waals surface area contributed by atoms with Crippen molar-refractivity contribution < 1.29 is 27.5 Å². The average molecular weight is 560 g/mol. The average Bonchev–Trinajstić information content (AvgIpc) is 2.92. The summed E-state index contributed by atoms with van der Waals surface area (Å²) >= 11 is 0. The minimum Gasteiger partial charge on any atom is -0.485 e. The van der Waals surface area contributed by atoms with Gasteiger partial charge in [-0.15, -0.1) is 0 Å². The summed E-state index contributed by atoms with van der Waals surface area (Å²) in [5.74, 6) is 0.288. The quantitative estimate of drug-likeness (QED) is 0.309. The minimum atomic E-state index is -3.92. The number of benzene rings is 3. The van der Waals surface area contributed by atoms with Crippen LogP contribution in [0.5, 0.6) is 11.5 Å². The molecule has 0 unspecified atom stereocenters. The highest BCUT2D eigenvalue weighted by molar-refractivity contribution is 7.92. The van der Waals surface area contributed by atoms with Gasteiger partial charge in [-0.3, -0.25) is 9.59 Å². The molecule has 1 atom stereocenters. The highest BCUT2D eigenvalue weighted by Crippen LogP contribution is 2.31. The molecule has 1 aliphatic rings. The van der Waals surface area contributed by atoms with Crippen molar-refractivity contribution in [2.75, 3.05) is 22.0 Å². The Morgan fingerprint density at radius 1 is 0.825 bits per heavy atom. The van der Waals surface area contributed by atoms with Gasteiger partial charge < -0.3 is 20.1 Å². The zero-order valence-corrected chi connectivity index (χ0v) is 22.4. The molecule has 4 aromatic rings. The van der Waals surface area contributed by atoms with Gasteiger partial charge >= 0.3 is 0 Å². The lowest BCUT2D eigenvalue weighted by atomic mass is 10.2. The number of carbonyl (C=O) groups is 2. The summed E-state index contributed by atoms with van der Waals surface area (Å²) in [6.07, 6.45) is -0.812. The largest absolute Gasteiger partial charge is 0.485 e. The molecule has 204 valence electrons. The molecule has 0 bridgehead atoms. The molecule has 0 fully saturated rings. The molecule has 2 amide bonds. The Hall–Kier alpha value is -4.97. The van der Waals surface area contributed by atoms with Crippen molar-refractivity contribution in [2.45, 2.75) is 24.8 Å². The maximum Gasteiger partial charge on any atom is 0.269 e. The number of hydrogen-bond donors (Lipinski definition) is 3. The molecule has 0 radical (unpaired) electrons. The molecule has 12 heteroatoms. The van der Waals surface area contributed by atoms with Gasteiger partial charge in [0.15, 0.2) is 11.5 Å². The fraction of sp³-hybridized carbons (Fsp3) is 0.143. The van der Waals surface area contributed by atoms with Gasteiger partial charge in [0, 0.05) is 28.3 Å². The second-order valence-corrected chi connectivity index (χ2v) is 10.7. The van der Waals surface area contributed by atoms with Crippen LogP contribution in [-0.2, 0) is 14.8 Å². The molecule has 1 aliphatic heterocycles. The maximum atomic E-state index is 12.7. The third-order valence-electron chi connectivity index (χ3n) is 5.85. The highest BCUT2D eigenvalue weighted by Gasteiger charge is 2.27. The lowest BCUT2D eigenvalue weighted by molar-refractivity contribution is -0.125. The summed E-state index contributed by atoms with van der Waals surface area (Å²) in [5, 5.41) is 5.47. The summed E-state index contributed by atoms with van der Waals surface area (Å²) < 4.78 is 39.1. The molecule has 2 heterocycles. The predicted octanol–water partition coefficient (Wildman–Crippen LogP) is 3.93. The van der Waals surface area contributed by atoms with E-state index in [0.29, 0.717) is 39.8 Å². The van der Waals surface area contributed by atoms with E-state index in [1.165, 1.54) is 24.3 Å². The molecule has 0 saturated heterocycles. The SMILES string of the molecule is Cc1cc(C)nc(NS(=O)(=O)c2ccc(NC(=O)c3ccc(NC(=O)[C@@H]4COc5ccccc5O4)cc3)cc2)n1. The smallest absolute Gasteiger partial charge is 0.269 e. The third kappa shape index (κ3) is 6.18. The summed E-state index contributed by atoms with van der Waals surface area (Å²) in [6, 6.07) is 20.9. The van der Waals surface area contributed by atoms with Gasteiger partial charge in [-0.2, -0.15) is 0 Å². The number of aromatic nitrogens is 2. The molecule has 3 aromatic carbocycles. The Labute approximate surface area is 230 Å². The number of rotatable bonds is 7. The van der Waals surface area contributed by atoms with Gasteiger partial charge in [-0.25, -0.2) is 23.1 Å². The predicted molar refractivity (Wildman–Crippen MR) is 148 cm³/mol. The lowest BCUT2D eigenvalue weighted by Crippen LogP contribution is -2.40. The summed E-state index contributed by atoms with van der Waals surface area (Å²) in [5.41, 5.74) is 2.50. The van der Waals surface area contributed by atoms with E-state index >= 15 is 0 Å². The first kappa shape index (κ1) is 26.6. The van der Waals surface area contributed by atoms with E-state index < -0.39 is 22.0 Å². The normalized spacial score (nSPS) is 14.2. The van der Waals surface area contributed by atoms with Crippen LogP contribution in [0, 0.1) is 13.8 Å². The number of nitrogens with one attached hydrogen (secondary N) is 3. The number of fused-ring (bicyclic) bond motifs is 1. The zero-order valence-electron chi connectivity index (χ0n) is 21.5. The van der Waals surface area contributed by atoms with Crippen molar-refractivity contribution in [3.05, 3.63) is 95.8 Å². The number of sulfonamides is 1. The maximum absolute atomic E-state index is 12.7. The van der Waals surface area contributed by atoms with E-state index in [1.807, 2.05) is 6.07 Å². The van der Waals surface area contributed by atoms with Crippen LogP contribution in [0.2, 0.25) is 0 Å². The Balaban J connectivity index is 1.17. The van der Waals surface area contributed by atoms with E-state index in [-0.39, 0.29) is 23.4 Å². The van der Waals surface area contributed by atoms with Crippen LogP contribution >= 0.6 is 0 Å². The van der Waals surface area contributed by atoms with Gasteiger partial charge in [-0.05, 0) is 80.6 Å². The first-order valence-electron chi connectivity index (χ1n) is 12.2. The molecule has 40 heavy (non-hydrogen) atoms. The van der Waals surface area contributed by atoms with Crippen LogP contribution in [-0.4, -0.2) is 42.9 Å². The fourth-order valence-electron chi connectivity index (χ4n) is 3.95. The zero-order chi connectivity index (χ0) is 28.3. The van der Waals surface area contributed by atoms with Crippen LogP contribution in [0.15, 0.2) is 83.8 Å². The number of para-hydroxylation sites is 2. The van der Waals surface area contributed by atoms with Crippen molar-refractivity contribution >= 4 is 39.2 Å². The fourth-order valence-corrected chi connectivity index (χ4v) is 4.89. The van der Waals surface area contributed by atoms with E-state index in [2.05, 4.69) is 25.3 Å². The Bertz CT molecular complexity index is 1650. The standard InChI is InChI=1S/C28H25N5O6S/c1-17-15-18(2)30-28(29-17)33-40(36,37)22-13-11-21(12-14-22)31-26(34)19-7-9-20(10-8-19)32-27(35)25-16-38-23-5-3-4-6-24(23)39-25/h3-15,25H,16H2,1-2H3,(H,31,34)(H,32,35)(H,29,30,33)/t25-/m0/s1. The van der Waals surface area contributed by atoms with Crippen molar-refractivity contribution in [2.24, 2.45) is 0 Å². The molecular weight excluding hydrogens is 534 g/mol. The van der Waals surface area contributed by atoms with Crippen molar-refractivity contribution in [3.63, 3.8) is 0 Å². The van der Waals surface area contributed by atoms with E-state index in [0.717, 1.165) is 0 Å². The number of nitrogens with zero attached hydrogens (tertiary/aromatic N) is 2. The summed E-state index contributed by atoms with van der Waals surface area (Å²) in [7, 11) is -3.92. The first-order valence-corrected chi connectivity index (χ1v) is 13.7. The molecular formula is C28H25N5O6S. The number of carbonyl (C=O) groups excluding carboxylic acids is 2. The monoisotopic (exact) mass is 559 g/mol. The molecule has 0 spiro atoms. The van der Waals surface area contributed by atoms with Gasteiger partial charge in [-0.1, -0.05) is 12.1 Å². The van der Waals surface area contributed by atoms with Crippen LogP contribution in [0.3, 0.4) is 0 Å². The molecule has 1 aromatic heterocycles. The molecule has 5 rings (SSSR count). The summed E-state index contributed by atoms with van der Waals surface area (Å²) in [4.78, 5) is 33.5. The van der Waals surface area contributed by atoms with Crippen molar-refractivity contribution in [3.8, 4) is 11.5 Å². The molecule has 0 aliphatic carbocycles. The first-order chi connectivity index (χ1) is 19.2. The van der Waals surface area contributed by atoms with Crippen LogP contribution < -0.4 is 24.8 Å². The van der Waals surface area contributed by atoms with Crippen molar-refractivity contribution in [1.82, 2.24) is 9.97 Å². The Morgan fingerprint density at radius 2 is 1.43 bits per heavy atom. The van der Waals surface area contributed by atoms with E-state index in [9.17, 15) is 18.0 Å². The number of hydrogen-bond acceptors (Lipinski definition) is 8. The van der Waals surface area contributed by atoms with Crippen LogP contribution in [0.4, 0.5) is 17.3 Å². The topological polar surface area (TPSA) is 149 Å². The second kappa shape index (κ2) is 11.0. The number of anilines is 3. The van der Waals surface area contributed by atoms with Gasteiger partial charge in [0.25, 0.3) is 21.8 Å². The van der Waals surface area contributed by atoms with Crippen LogP contribution in [0.1, 0.15) is 21.7 Å².